The van der Waals surface area contributed by atoms with Crippen molar-refractivity contribution in [2.75, 3.05) is 11.5 Å². The standard InChI is InChI=1S/C12H16F2S2/c13-11-6-5-10(9-12(11)14)16-8-4-2-1-3-7-15/h5-6,9,15H,1-4,7-8H2. The lowest BCUT2D eigenvalue weighted by molar-refractivity contribution is 0.506. The average Bonchev–Trinajstić information content (AvgIpc) is 2.28. The van der Waals surface area contributed by atoms with E-state index in [0.717, 1.165) is 29.2 Å². The van der Waals surface area contributed by atoms with Gasteiger partial charge in [0, 0.05) is 4.90 Å². The monoisotopic (exact) mass is 262 g/mol. The normalized spacial score (nSPS) is 10.7. The fourth-order valence-electron chi connectivity index (χ4n) is 1.32. The summed E-state index contributed by atoms with van der Waals surface area (Å²) >= 11 is 5.72. The lowest BCUT2D eigenvalue weighted by Crippen LogP contribution is -1.86. The number of hydrogen-bond donors (Lipinski definition) is 1. The molecule has 0 spiro atoms. The average molecular weight is 262 g/mol. The smallest absolute Gasteiger partial charge is 0.159 e. The van der Waals surface area contributed by atoms with E-state index in [-0.39, 0.29) is 0 Å². The molecule has 0 aliphatic heterocycles. The van der Waals surface area contributed by atoms with Gasteiger partial charge in [0.2, 0.25) is 0 Å². The Balaban J connectivity index is 2.19. The van der Waals surface area contributed by atoms with Crippen molar-refractivity contribution >= 4 is 24.4 Å². The van der Waals surface area contributed by atoms with Crippen molar-refractivity contribution in [3.8, 4) is 0 Å². The first-order valence-corrected chi connectivity index (χ1v) is 7.04. The minimum atomic E-state index is -0.780. The zero-order valence-electron chi connectivity index (χ0n) is 9.09. The first-order chi connectivity index (χ1) is 7.74. The lowest BCUT2D eigenvalue weighted by Gasteiger charge is -2.02. The second-order valence-electron chi connectivity index (χ2n) is 3.56. The van der Waals surface area contributed by atoms with Crippen molar-refractivity contribution in [1.29, 1.82) is 0 Å². The van der Waals surface area contributed by atoms with Crippen LogP contribution < -0.4 is 0 Å². The topological polar surface area (TPSA) is 0 Å². The number of rotatable bonds is 7. The van der Waals surface area contributed by atoms with E-state index in [1.54, 1.807) is 17.8 Å². The van der Waals surface area contributed by atoms with Crippen LogP contribution in [0.15, 0.2) is 23.1 Å². The Bertz CT molecular complexity index is 316. The summed E-state index contributed by atoms with van der Waals surface area (Å²) in [4.78, 5) is 0.799. The Hall–Kier alpha value is -0.220. The minimum Gasteiger partial charge on any atom is -0.204 e. The number of thiol groups is 1. The Morgan fingerprint density at radius 2 is 1.75 bits per heavy atom. The quantitative estimate of drug-likeness (QED) is 0.427. The SMILES string of the molecule is Fc1ccc(SCCCCCCS)cc1F. The van der Waals surface area contributed by atoms with Gasteiger partial charge in [-0.1, -0.05) is 12.8 Å². The van der Waals surface area contributed by atoms with Gasteiger partial charge in [-0.2, -0.15) is 12.6 Å². The molecular weight excluding hydrogens is 246 g/mol. The highest BCUT2D eigenvalue weighted by atomic mass is 32.2. The summed E-state index contributed by atoms with van der Waals surface area (Å²) in [5.41, 5.74) is 0. The molecular formula is C12H16F2S2. The molecule has 0 saturated carbocycles. The maximum Gasteiger partial charge on any atom is 0.159 e. The minimum absolute atomic E-state index is 0.764. The molecule has 16 heavy (non-hydrogen) atoms. The van der Waals surface area contributed by atoms with Crippen LogP contribution >= 0.6 is 24.4 Å². The number of unbranched alkanes of at least 4 members (excludes halogenated alkanes) is 3. The third kappa shape index (κ3) is 5.21. The molecule has 0 amide bonds. The molecule has 4 heteroatoms. The molecule has 0 bridgehead atoms. The molecule has 0 atom stereocenters. The molecule has 0 aromatic heterocycles. The first kappa shape index (κ1) is 13.8. The summed E-state index contributed by atoms with van der Waals surface area (Å²) in [6, 6.07) is 4.06. The third-order valence-corrected chi connectivity index (χ3v) is 3.61. The molecule has 1 aromatic rings. The van der Waals surface area contributed by atoms with Crippen LogP contribution in [-0.2, 0) is 0 Å². The van der Waals surface area contributed by atoms with Gasteiger partial charge in [-0.05, 0) is 42.5 Å². The summed E-state index contributed by atoms with van der Waals surface area (Å²) in [5, 5.41) is 0. The van der Waals surface area contributed by atoms with Gasteiger partial charge in [0.1, 0.15) is 0 Å². The van der Waals surface area contributed by atoms with Crippen molar-refractivity contribution in [2.24, 2.45) is 0 Å². The molecule has 0 nitrogen and oxygen atoms in total. The van der Waals surface area contributed by atoms with E-state index in [9.17, 15) is 8.78 Å². The summed E-state index contributed by atoms with van der Waals surface area (Å²) in [5.74, 6) is 0.353. The zero-order valence-corrected chi connectivity index (χ0v) is 10.8. The Morgan fingerprint density at radius 3 is 2.44 bits per heavy atom. The van der Waals surface area contributed by atoms with Crippen molar-refractivity contribution in [3.05, 3.63) is 29.8 Å². The maximum absolute atomic E-state index is 12.9. The van der Waals surface area contributed by atoms with E-state index >= 15 is 0 Å². The van der Waals surface area contributed by atoms with E-state index in [0.29, 0.717) is 0 Å². The Kier molecular flexibility index (Phi) is 6.88. The van der Waals surface area contributed by atoms with Crippen LogP contribution in [0.25, 0.3) is 0 Å². The van der Waals surface area contributed by atoms with Crippen LogP contribution in [-0.4, -0.2) is 11.5 Å². The fourth-order valence-corrected chi connectivity index (χ4v) is 2.48. The molecule has 0 fully saturated rings. The van der Waals surface area contributed by atoms with Crippen LogP contribution in [0.5, 0.6) is 0 Å². The highest BCUT2D eigenvalue weighted by Crippen LogP contribution is 2.21. The van der Waals surface area contributed by atoms with Crippen molar-refractivity contribution in [2.45, 2.75) is 30.6 Å². The molecule has 0 radical (unpaired) electrons. The van der Waals surface area contributed by atoms with Gasteiger partial charge in [0.05, 0.1) is 0 Å². The van der Waals surface area contributed by atoms with E-state index in [1.807, 2.05) is 0 Å². The van der Waals surface area contributed by atoms with Crippen LogP contribution in [0, 0.1) is 11.6 Å². The van der Waals surface area contributed by atoms with E-state index in [2.05, 4.69) is 12.6 Å². The second-order valence-corrected chi connectivity index (χ2v) is 5.18. The van der Waals surface area contributed by atoms with E-state index in [4.69, 9.17) is 0 Å². The molecule has 0 N–H and O–H groups in total. The predicted octanol–water partition coefficient (Wildman–Crippen LogP) is 4.55. The predicted molar refractivity (Wildman–Crippen MR) is 69.4 cm³/mol. The molecule has 0 aliphatic rings. The van der Waals surface area contributed by atoms with Crippen molar-refractivity contribution < 1.29 is 8.78 Å². The van der Waals surface area contributed by atoms with Crippen LogP contribution in [0.1, 0.15) is 25.7 Å². The van der Waals surface area contributed by atoms with E-state index < -0.39 is 11.6 Å². The fraction of sp³-hybridized carbons (Fsp3) is 0.500. The maximum atomic E-state index is 12.9. The number of benzene rings is 1. The highest BCUT2D eigenvalue weighted by Gasteiger charge is 2.02. The molecule has 0 unspecified atom stereocenters. The van der Waals surface area contributed by atoms with Gasteiger partial charge in [-0.25, -0.2) is 8.78 Å². The second kappa shape index (κ2) is 7.96. The van der Waals surface area contributed by atoms with Gasteiger partial charge >= 0.3 is 0 Å². The Morgan fingerprint density at radius 1 is 1.00 bits per heavy atom. The lowest BCUT2D eigenvalue weighted by atomic mass is 10.2. The number of thioether (sulfide) groups is 1. The first-order valence-electron chi connectivity index (χ1n) is 5.43. The van der Waals surface area contributed by atoms with E-state index in [1.165, 1.54) is 25.0 Å². The van der Waals surface area contributed by atoms with Gasteiger partial charge in [-0.3, -0.25) is 0 Å². The van der Waals surface area contributed by atoms with Gasteiger partial charge in [0.25, 0.3) is 0 Å². The molecule has 1 rings (SSSR count). The number of hydrogen-bond acceptors (Lipinski definition) is 2. The van der Waals surface area contributed by atoms with Gasteiger partial charge in [0.15, 0.2) is 11.6 Å². The van der Waals surface area contributed by atoms with Crippen LogP contribution in [0.3, 0.4) is 0 Å². The van der Waals surface area contributed by atoms with Crippen LogP contribution in [0.4, 0.5) is 8.78 Å². The highest BCUT2D eigenvalue weighted by molar-refractivity contribution is 7.99. The largest absolute Gasteiger partial charge is 0.204 e. The molecule has 1 aromatic carbocycles. The van der Waals surface area contributed by atoms with Crippen molar-refractivity contribution in [1.82, 2.24) is 0 Å². The number of halogens is 2. The van der Waals surface area contributed by atoms with Crippen molar-refractivity contribution in [3.63, 3.8) is 0 Å². The summed E-state index contributed by atoms with van der Waals surface area (Å²) in [6.45, 7) is 0. The zero-order chi connectivity index (χ0) is 11.8. The summed E-state index contributed by atoms with van der Waals surface area (Å²) in [6.07, 6.45) is 4.63. The molecule has 0 saturated heterocycles. The Labute approximate surface area is 105 Å². The van der Waals surface area contributed by atoms with Gasteiger partial charge in [-0.15, -0.1) is 11.8 Å². The summed E-state index contributed by atoms with van der Waals surface area (Å²) in [7, 11) is 0. The third-order valence-electron chi connectivity index (χ3n) is 2.21. The summed E-state index contributed by atoms with van der Waals surface area (Å²) < 4.78 is 25.5. The molecule has 90 valence electrons. The molecule has 0 heterocycles. The van der Waals surface area contributed by atoms with Crippen LogP contribution in [0.2, 0.25) is 0 Å². The van der Waals surface area contributed by atoms with Gasteiger partial charge < -0.3 is 0 Å². The molecule has 0 aliphatic carbocycles.